The van der Waals surface area contributed by atoms with Gasteiger partial charge >= 0.3 is 5.97 Å². The number of methoxy groups -OCH3 is 1. The predicted molar refractivity (Wildman–Crippen MR) is 73.3 cm³/mol. The summed E-state index contributed by atoms with van der Waals surface area (Å²) in [4.78, 5) is 15.6. The Balaban J connectivity index is 1.98. The molecule has 0 fully saturated rings. The summed E-state index contributed by atoms with van der Waals surface area (Å²) >= 11 is 1.53. The highest BCUT2D eigenvalue weighted by Gasteiger charge is 2.07. The van der Waals surface area contributed by atoms with Crippen molar-refractivity contribution in [3.63, 3.8) is 0 Å². The van der Waals surface area contributed by atoms with E-state index in [2.05, 4.69) is 9.72 Å². The lowest BCUT2D eigenvalue weighted by atomic mass is 10.1. The van der Waals surface area contributed by atoms with Crippen LogP contribution in [0, 0.1) is 13.8 Å². The molecule has 0 saturated carbocycles. The average Bonchev–Trinajstić information content (AvgIpc) is 2.75. The van der Waals surface area contributed by atoms with Gasteiger partial charge in [-0.1, -0.05) is 23.9 Å². The van der Waals surface area contributed by atoms with Crippen molar-refractivity contribution >= 4 is 17.7 Å². The number of ether oxygens (including phenoxy) is 1. The van der Waals surface area contributed by atoms with Crippen LogP contribution in [0.3, 0.4) is 0 Å². The molecule has 0 saturated heterocycles. The van der Waals surface area contributed by atoms with E-state index in [0.29, 0.717) is 10.8 Å². The molecule has 2 rings (SSSR count). The van der Waals surface area contributed by atoms with Crippen LogP contribution in [0.15, 0.2) is 33.9 Å². The van der Waals surface area contributed by atoms with Gasteiger partial charge in [0, 0.05) is 5.75 Å². The van der Waals surface area contributed by atoms with Crippen LogP contribution in [0.5, 0.6) is 0 Å². The smallest absolute Gasteiger partial charge is 0.337 e. The molecule has 0 radical (unpaired) electrons. The van der Waals surface area contributed by atoms with E-state index in [-0.39, 0.29) is 5.97 Å². The highest BCUT2D eigenvalue weighted by atomic mass is 32.2. The van der Waals surface area contributed by atoms with Crippen LogP contribution < -0.4 is 0 Å². The molecular weight excluding hydrogens is 262 g/mol. The van der Waals surface area contributed by atoms with Crippen molar-refractivity contribution in [2.75, 3.05) is 7.11 Å². The molecule has 1 aromatic heterocycles. The fourth-order valence-electron chi connectivity index (χ4n) is 1.51. The maximum absolute atomic E-state index is 11.3. The Morgan fingerprint density at radius 1 is 1.32 bits per heavy atom. The zero-order valence-electron chi connectivity index (χ0n) is 11.1. The van der Waals surface area contributed by atoms with Crippen molar-refractivity contribution < 1.29 is 13.9 Å². The summed E-state index contributed by atoms with van der Waals surface area (Å²) in [5, 5.41) is 0.673. The number of carbonyl (C=O) groups is 1. The average molecular weight is 277 g/mol. The first-order valence-electron chi connectivity index (χ1n) is 5.84. The molecule has 100 valence electrons. The predicted octanol–water partition coefficient (Wildman–Crippen LogP) is 3.37. The molecule has 0 amide bonds. The number of esters is 1. The third kappa shape index (κ3) is 3.38. The highest BCUT2D eigenvalue weighted by molar-refractivity contribution is 7.98. The van der Waals surface area contributed by atoms with Gasteiger partial charge in [0.15, 0.2) is 0 Å². The minimum atomic E-state index is -0.321. The summed E-state index contributed by atoms with van der Waals surface area (Å²) < 4.78 is 10.1. The monoisotopic (exact) mass is 277 g/mol. The van der Waals surface area contributed by atoms with Crippen LogP contribution in [0.4, 0.5) is 0 Å². The number of hydrogen-bond acceptors (Lipinski definition) is 5. The van der Waals surface area contributed by atoms with Gasteiger partial charge in [0.25, 0.3) is 5.22 Å². The van der Waals surface area contributed by atoms with E-state index in [4.69, 9.17) is 4.42 Å². The largest absolute Gasteiger partial charge is 0.465 e. The SMILES string of the molecule is COC(=O)c1ccc(CSc2nc(C)c(C)o2)cc1. The number of hydrogen-bond donors (Lipinski definition) is 0. The van der Waals surface area contributed by atoms with Gasteiger partial charge in [-0.15, -0.1) is 0 Å². The van der Waals surface area contributed by atoms with Crippen LogP contribution >= 0.6 is 11.8 Å². The van der Waals surface area contributed by atoms with Gasteiger partial charge in [-0.2, -0.15) is 0 Å². The van der Waals surface area contributed by atoms with Crippen molar-refractivity contribution in [1.29, 1.82) is 0 Å². The number of nitrogens with zero attached hydrogens (tertiary/aromatic N) is 1. The quantitative estimate of drug-likeness (QED) is 0.633. The lowest BCUT2D eigenvalue weighted by Gasteiger charge is -2.01. The highest BCUT2D eigenvalue weighted by Crippen LogP contribution is 2.24. The van der Waals surface area contributed by atoms with Gasteiger partial charge in [-0.3, -0.25) is 0 Å². The van der Waals surface area contributed by atoms with E-state index in [1.54, 1.807) is 12.1 Å². The first-order valence-corrected chi connectivity index (χ1v) is 6.83. The Kier molecular flexibility index (Phi) is 4.27. The van der Waals surface area contributed by atoms with E-state index >= 15 is 0 Å². The normalized spacial score (nSPS) is 10.5. The molecule has 2 aromatic rings. The van der Waals surface area contributed by atoms with Gasteiger partial charge in [0.05, 0.1) is 18.4 Å². The van der Waals surface area contributed by atoms with Gasteiger partial charge in [0.2, 0.25) is 0 Å². The number of aryl methyl sites for hydroxylation is 2. The molecule has 1 heterocycles. The van der Waals surface area contributed by atoms with E-state index in [9.17, 15) is 4.79 Å². The second kappa shape index (κ2) is 5.93. The molecule has 0 unspecified atom stereocenters. The second-order valence-electron chi connectivity index (χ2n) is 4.10. The van der Waals surface area contributed by atoms with Crippen molar-refractivity contribution in [2.45, 2.75) is 24.8 Å². The van der Waals surface area contributed by atoms with Crippen molar-refractivity contribution in [1.82, 2.24) is 4.98 Å². The third-order valence-electron chi connectivity index (χ3n) is 2.75. The fraction of sp³-hybridized carbons (Fsp3) is 0.286. The standard InChI is InChI=1S/C14H15NO3S/c1-9-10(2)18-14(15-9)19-8-11-4-6-12(7-5-11)13(16)17-3/h4-7H,8H2,1-3H3. The lowest BCUT2D eigenvalue weighted by Crippen LogP contribution is -2.00. The van der Waals surface area contributed by atoms with Crippen molar-refractivity contribution in [2.24, 2.45) is 0 Å². The lowest BCUT2D eigenvalue weighted by molar-refractivity contribution is 0.0600. The Morgan fingerprint density at radius 2 is 2.00 bits per heavy atom. The van der Waals surface area contributed by atoms with Crippen LogP contribution in [-0.2, 0) is 10.5 Å². The van der Waals surface area contributed by atoms with E-state index in [0.717, 1.165) is 22.8 Å². The number of rotatable bonds is 4. The molecule has 19 heavy (non-hydrogen) atoms. The van der Waals surface area contributed by atoms with Crippen LogP contribution in [0.25, 0.3) is 0 Å². The molecule has 5 heteroatoms. The zero-order chi connectivity index (χ0) is 13.8. The van der Waals surface area contributed by atoms with Gasteiger partial charge in [0.1, 0.15) is 5.76 Å². The van der Waals surface area contributed by atoms with Crippen molar-refractivity contribution in [3.05, 3.63) is 46.8 Å². The molecule has 0 spiro atoms. The summed E-state index contributed by atoms with van der Waals surface area (Å²) in [6.07, 6.45) is 0. The number of benzene rings is 1. The van der Waals surface area contributed by atoms with E-state index < -0.39 is 0 Å². The fourth-order valence-corrected chi connectivity index (χ4v) is 2.37. The molecule has 0 aliphatic carbocycles. The van der Waals surface area contributed by atoms with Gasteiger partial charge in [-0.05, 0) is 31.5 Å². The minimum absolute atomic E-state index is 0.321. The van der Waals surface area contributed by atoms with Crippen molar-refractivity contribution in [3.8, 4) is 0 Å². The van der Waals surface area contributed by atoms with Gasteiger partial charge < -0.3 is 9.15 Å². The molecule has 4 nitrogen and oxygen atoms in total. The van der Waals surface area contributed by atoms with Crippen LogP contribution in [0.2, 0.25) is 0 Å². The van der Waals surface area contributed by atoms with E-state index in [1.807, 2.05) is 26.0 Å². The molecule has 0 bridgehead atoms. The Hall–Kier alpha value is -1.75. The third-order valence-corrected chi connectivity index (χ3v) is 3.65. The second-order valence-corrected chi connectivity index (χ2v) is 5.03. The summed E-state index contributed by atoms with van der Waals surface area (Å²) in [6.45, 7) is 3.82. The van der Waals surface area contributed by atoms with E-state index in [1.165, 1.54) is 18.9 Å². The molecule has 1 aromatic carbocycles. The number of thioether (sulfide) groups is 1. The topological polar surface area (TPSA) is 52.3 Å². The Morgan fingerprint density at radius 3 is 2.53 bits per heavy atom. The van der Waals surface area contributed by atoms with Crippen LogP contribution in [-0.4, -0.2) is 18.1 Å². The molecule has 0 atom stereocenters. The Bertz CT molecular complexity index is 555. The minimum Gasteiger partial charge on any atom is -0.465 e. The molecular formula is C14H15NO3S. The Labute approximate surface area is 116 Å². The van der Waals surface area contributed by atoms with Crippen LogP contribution in [0.1, 0.15) is 27.4 Å². The first kappa shape index (κ1) is 13.7. The summed E-state index contributed by atoms with van der Waals surface area (Å²) in [5.41, 5.74) is 2.58. The number of aromatic nitrogens is 1. The first-order chi connectivity index (χ1) is 9.10. The molecule has 0 N–H and O–H groups in total. The number of carbonyl (C=O) groups excluding carboxylic acids is 1. The maximum Gasteiger partial charge on any atom is 0.337 e. The summed E-state index contributed by atoms with van der Waals surface area (Å²) in [7, 11) is 1.37. The van der Waals surface area contributed by atoms with Gasteiger partial charge in [-0.25, -0.2) is 9.78 Å². The summed E-state index contributed by atoms with van der Waals surface area (Å²) in [5.74, 6) is 1.28. The number of oxazole rings is 1. The molecule has 0 aliphatic heterocycles. The molecule has 0 aliphatic rings. The zero-order valence-corrected chi connectivity index (χ0v) is 11.9. The summed E-state index contributed by atoms with van der Waals surface area (Å²) in [6, 6.07) is 7.32. The maximum atomic E-state index is 11.3.